The summed E-state index contributed by atoms with van der Waals surface area (Å²) in [4.78, 5) is 16.4. The molecule has 1 fully saturated rings. The minimum Gasteiger partial charge on any atom is -0.352 e. The fourth-order valence-electron chi connectivity index (χ4n) is 1.33. The van der Waals surface area contributed by atoms with E-state index in [1.165, 1.54) is 0 Å². The summed E-state index contributed by atoms with van der Waals surface area (Å²) < 4.78 is 0. The van der Waals surface area contributed by atoms with Crippen LogP contribution in [0, 0.1) is 0 Å². The summed E-state index contributed by atoms with van der Waals surface area (Å²) in [6.45, 7) is 0.681. The first-order valence-corrected chi connectivity index (χ1v) is 5.52. The van der Waals surface area contributed by atoms with E-state index in [2.05, 4.69) is 10.8 Å². The first-order valence-electron chi connectivity index (χ1n) is 5.52. The number of nitrogens with one attached hydrogen (secondary N) is 2. The number of benzene rings is 1. The Hall–Kier alpha value is -1.39. The molecule has 1 aromatic rings. The highest BCUT2D eigenvalue weighted by Gasteiger charge is 2.22. The summed E-state index contributed by atoms with van der Waals surface area (Å²) in [6, 6.07) is 10.2. The summed E-state index contributed by atoms with van der Waals surface area (Å²) in [5.41, 5.74) is 3.74. The molecule has 2 N–H and O–H groups in total. The monoisotopic (exact) mass is 220 g/mol. The van der Waals surface area contributed by atoms with Crippen LogP contribution in [-0.2, 0) is 16.2 Å². The zero-order valence-electron chi connectivity index (χ0n) is 9.11. The van der Waals surface area contributed by atoms with Crippen LogP contribution in [0.25, 0.3) is 0 Å². The van der Waals surface area contributed by atoms with Gasteiger partial charge in [0.25, 0.3) is 0 Å². The van der Waals surface area contributed by atoms with Crippen molar-refractivity contribution in [1.82, 2.24) is 10.8 Å². The van der Waals surface area contributed by atoms with E-state index in [0.717, 1.165) is 18.4 Å². The molecule has 4 heteroatoms. The quantitative estimate of drug-likeness (QED) is 0.555. The summed E-state index contributed by atoms with van der Waals surface area (Å²) in [5.74, 6) is -0.00411. The molecule has 2 rings (SSSR count). The Morgan fingerprint density at radius 2 is 2.06 bits per heavy atom. The number of carbonyl (C=O) groups is 1. The van der Waals surface area contributed by atoms with E-state index < -0.39 is 0 Å². The van der Waals surface area contributed by atoms with Gasteiger partial charge in [0.15, 0.2) is 0 Å². The average molecular weight is 220 g/mol. The first-order chi connectivity index (χ1) is 7.84. The zero-order valence-corrected chi connectivity index (χ0v) is 9.11. The lowest BCUT2D eigenvalue weighted by atomic mass is 10.2. The molecule has 1 aromatic carbocycles. The number of carbonyl (C=O) groups excluding carboxylic acids is 1. The SMILES string of the molecule is O=C(CNOCc1ccccc1)NC1CC1. The molecule has 0 aromatic heterocycles. The van der Waals surface area contributed by atoms with Crippen LogP contribution in [-0.4, -0.2) is 18.5 Å². The Morgan fingerprint density at radius 1 is 1.31 bits per heavy atom. The van der Waals surface area contributed by atoms with Crippen LogP contribution >= 0.6 is 0 Å². The minimum absolute atomic E-state index is 0.00411. The largest absolute Gasteiger partial charge is 0.352 e. The van der Waals surface area contributed by atoms with Gasteiger partial charge < -0.3 is 5.32 Å². The Labute approximate surface area is 94.9 Å². The molecule has 0 unspecified atom stereocenters. The molecule has 1 aliphatic carbocycles. The van der Waals surface area contributed by atoms with Crippen LogP contribution in [0.2, 0.25) is 0 Å². The Balaban J connectivity index is 1.56. The molecule has 0 radical (unpaired) electrons. The normalized spacial score (nSPS) is 14.8. The Bertz CT molecular complexity index is 336. The molecular weight excluding hydrogens is 204 g/mol. The highest BCUT2D eigenvalue weighted by atomic mass is 16.6. The van der Waals surface area contributed by atoms with Crippen molar-refractivity contribution in [3.63, 3.8) is 0 Å². The van der Waals surface area contributed by atoms with Gasteiger partial charge in [0.05, 0.1) is 13.2 Å². The van der Waals surface area contributed by atoms with Gasteiger partial charge in [0.2, 0.25) is 5.91 Å². The number of hydroxylamine groups is 1. The summed E-state index contributed by atoms with van der Waals surface area (Å²) in [7, 11) is 0. The van der Waals surface area contributed by atoms with E-state index in [1.807, 2.05) is 30.3 Å². The minimum atomic E-state index is -0.00411. The summed E-state index contributed by atoms with van der Waals surface area (Å²) >= 11 is 0. The molecule has 0 bridgehead atoms. The molecule has 1 amide bonds. The third kappa shape index (κ3) is 4.00. The smallest absolute Gasteiger partial charge is 0.236 e. The van der Waals surface area contributed by atoms with Gasteiger partial charge in [-0.05, 0) is 18.4 Å². The molecule has 1 saturated carbocycles. The molecule has 0 spiro atoms. The van der Waals surface area contributed by atoms with Crippen LogP contribution in [0.15, 0.2) is 30.3 Å². The number of hydrogen-bond donors (Lipinski definition) is 2. The van der Waals surface area contributed by atoms with Gasteiger partial charge in [-0.15, -0.1) is 0 Å². The second-order valence-electron chi connectivity index (χ2n) is 3.94. The molecule has 1 aliphatic rings. The molecule has 16 heavy (non-hydrogen) atoms. The lowest BCUT2D eigenvalue weighted by Crippen LogP contribution is -2.35. The summed E-state index contributed by atoms with van der Waals surface area (Å²) in [6.07, 6.45) is 2.22. The number of rotatable bonds is 6. The maximum Gasteiger partial charge on any atom is 0.236 e. The van der Waals surface area contributed by atoms with Crippen molar-refractivity contribution in [1.29, 1.82) is 0 Å². The van der Waals surface area contributed by atoms with Crippen LogP contribution in [0.5, 0.6) is 0 Å². The second-order valence-corrected chi connectivity index (χ2v) is 3.94. The fourth-order valence-corrected chi connectivity index (χ4v) is 1.33. The molecule has 4 nitrogen and oxygen atoms in total. The lowest BCUT2D eigenvalue weighted by molar-refractivity contribution is -0.123. The van der Waals surface area contributed by atoms with E-state index >= 15 is 0 Å². The van der Waals surface area contributed by atoms with Crippen molar-refractivity contribution in [2.24, 2.45) is 0 Å². The first kappa shape index (κ1) is 11.1. The van der Waals surface area contributed by atoms with Gasteiger partial charge in [0, 0.05) is 6.04 Å². The molecular formula is C12H16N2O2. The zero-order chi connectivity index (χ0) is 11.2. The Kier molecular flexibility index (Phi) is 3.91. The van der Waals surface area contributed by atoms with Crippen molar-refractivity contribution in [2.45, 2.75) is 25.5 Å². The van der Waals surface area contributed by atoms with Crippen molar-refractivity contribution in [3.8, 4) is 0 Å². The van der Waals surface area contributed by atoms with E-state index in [4.69, 9.17) is 4.84 Å². The standard InChI is InChI=1S/C12H16N2O2/c15-12(14-11-6-7-11)8-13-16-9-10-4-2-1-3-5-10/h1-5,11,13H,6-9H2,(H,14,15). The highest BCUT2D eigenvalue weighted by molar-refractivity contribution is 5.78. The maximum atomic E-state index is 11.3. The predicted molar refractivity (Wildman–Crippen MR) is 60.4 cm³/mol. The van der Waals surface area contributed by atoms with Crippen LogP contribution in [0.4, 0.5) is 0 Å². The van der Waals surface area contributed by atoms with Gasteiger partial charge in [0.1, 0.15) is 0 Å². The van der Waals surface area contributed by atoms with Gasteiger partial charge >= 0.3 is 0 Å². The van der Waals surface area contributed by atoms with E-state index in [0.29, 0.717) is 12.6 Å². The van der Waals surface area contributed by atoms with Crippen molar-refractivity contribution >= 4 is 5.91 Å². The van der Waals surface area contributed by atoms with Crippen molar-refractivity contribution < 1.29 is 9.63 Å². The molecule has 0 saturated heterocycles. The third-order valence-electron chi connectivity index (χ3n) is 2.36. The van der Waals surface area contributed by atoms with Gasteiger partial charge in [-0.2, -0.15) is 5.48 Å². The lowest BCUT2D eigenvalue weighted by Gasteiger charge is -2.06. The topological polar surface area (TPSA) is 50.4 Å². The molecule has 0 atom stereocenters. The van der Waals surface area contributed by atoms with Gasteiger partial charge in [-0.1, -0.05) is 30.3 Å². The molecule has 0 heterocycles. The highest BCUT2D eigenvalue weighted by Crippen LogP contribution is 2.18. The number of hydrogen-bond acceptors (Lipinski definition) is 3. The summed E-state index contributed by atoms with van der Waals surface area (Å²) in [5, 5.41) is 2.87. The number of amides is 1. The van der Waals surface area contributed by atoms with Crippen molar-refractivity contribution in [2.75, 3.05) is 6.54 Å². The van der Waals surface area contributed by atoms with Crippen LogP contribution < -0.4 is 10.8 Å². The maximum absolute atomic E-state index is 11.3. The van der Waals surface area contributed by atoms with Crippen molar-refractivity contribution in [3.05, 3.63) is 35.9 Å². The Morgan fingerprint density at radius 3 is 2.75 bits per heavy atom. The van der Waals surface area contributed by atoms with Gasteiger partial charge in [-0.3, -0.25) is 9.63 Å². The average Bonchev–Trinajstić information content (AvgIpc) is 3.10. The van der Waals surface area contributed by atoms with Gasteiger partial charge in [-0.25, -0.2) is 0 Å². The second kappa shape index (κ2) is 5.63. The van der Waals surface area contributed by atoms with Crippen LogP contribution in [0.3, 0.4) is 0 Å². The molecule has 0 aliphatic heterocycles. The molecule has 86 valence electrons. The van der Waals surface area contributed by atoms with Crippen LogP contribution in [0.1, 0.15) is 18.4 Å². The third-order valence-corrected chi connectivity index (χ3v) is 2.36. The van der Waals surface area contributed by atoms with E-state index in [-0.39, 0.29) is 12.5 Å². The predicted octanol–water partition coefficient (Wildman–Crippen LogP) is 0.986. The fraction of sp³-hybridized carbons (Fsp3) is 0.417. The van der Waals surface area contributed by atoms with E-state index in [1.54, 1.807) is 0 Å². The van der Waals surface area contributed by atoms with E-state index in [9.17, 15) is 4.79 Å².